The van der Waals surface area contributed by atoms with Crippen molar-refractivity contribution < 1.29 is 27.0 Å². The lowest BCUT2D eigenvalue weighted by atomic mass is 10.1. The number of rotatable bonds is 5. The van der Waals surface area contributed by atoms with E-state index in [4.69, 9.17) is 27.4 Å². The van der Waals surface area contributed by atoms with Crippen LogP contribution in [0.4, 0.5) is 10.5 Å². The lowest BCUT2D eigenvalue weighted by molar-refractivity contribution is -0.122. The van der Waals surface area contributed by atoms with Gasteiger partial charge in [0.1, 0.15) is 16.2 Å². The highest BCUT2D eigenvalue weighted by molar-refractivity contribution is 7.87. The summed E-state index contributed by atoms with van der Waals surface area (Å²) in [5, 5.41) is 2.92. The number of halogens is 2. The third kappa shape index (κ3) is 4.96. The van der Waals surface area contributed by atoms with E-state index >= 15 is 0 Å². The van der Waals surface area contributed by atoms with Gasteiger partial charge in [-0.05, 0) is 72.3 Å². The molecular formula is C23H14Cl2N2O6S. The molecule has 0 unspecified atom stereocenters. The van der Waals surface area contributed by atoms with E-state index in [-0.39, 0.29) is 21.9 Å². The maximum atomic E-state index is 12.9. The minimum atomic E-state index is -4.08. The topological polar surface area (TPSA) is 110 Å². The van der Waals surface area contributed by atoms with Gasteiger partial charge in [0.05, 0.1) is 5.69 Å². The SMILES string of the molecule is O=C1NC(=O)N(c2ccc(Cl)cc2)C(=O)/C1=C/c1ccc(OS(=O)(=O)c2ccc(Cl)cc2)cc1. The van der Waals surface area contributed by atoms with Crippen LogP contribution in [-0.4, -0.2) is 26.3 Å². The molecule has 34 heavy (non-hydrogen) atoms. The van der Waals surface area contributed by atoms with Crippen LogP contribution in [0.5, 0.6) is 5.75 Å². The Kier molecular flexibility index (Phi) is 6.43. The number of carbonyl (C=O) groups excluding carboxylic acids is 3. The van der Waals surface area contributed by atoms with Gasteiger partial charge in [0.25, 0.3) is 11.8 Å². The van der Waals surface area contributed by atoms with Crippen molar-refractivity contribution in [2.24, 2.45) is 0 Å². The Bertz CT molecular complexity index is 1420. The molecule has 1 fully saturated rings. The zero-order valence-electron chi connectivity index (χ0n) is 17.1. The lowest BCUT2D eigenvalue weighted by Crippen LogP contribution is -2.54. The molecule has 4 rings (SSSR count). The van der Waals surface area contributed by atoms with Crippen molar-refractivity contribution >= 4 is 62.9 Å². The van der Waals surface area contributed by atoms with Crippen LogP contribution in [-0.2, 0) is 19.7 Å². The number of benzene rings is 3. The molecule has 1 saturated heterocycles. The molecule has 0 aliphatic carbocycles. The number of urea groups is 1. The van der Waals surface area contributed by atoms with Gasteiger partial charge >= 0.3 is 16.1 Å². The second-order valence-corrected chi connectivity index (χ2v) is 9.41. The summed E-state index contributed by atoms with van der Waals surface area (Å²) in [5.41, 5.74) is 0.360. The molecule has 1 aliphatic rings. The molecule has 0 radical (unpaired) electrons. The van der Waals surface area contributed by atoms with E-state index in [2.05, 4.69) is 5.32 Å². The fourth-order valence-electron chi connectivity index (χ4n) is 3.04. The number of hydrogen-bond acceptors (Lipinski definition) is 6. The number of nitrogens with zero attached hydrogens (tertiary/aromatic N) is 1. The van der Waals surface area contributed by atoms with Crippen LogP contribution >= 0.6 is 23.2 Å². The maximum absolute atomic E-state index is 12.9. The largest absolute Gasteiger partial charge is 0.379 e. The van der Waals surface area contributed by atoms with Crippen molar-refractivity contribution in [2.75, 3.05) is 4.90 Å². The van der Waals surface area contributed by atoms with Crippen LogP contribution < -0.4 is 14.4 Å². The van der Waals surface area contributed by atoms with Crippen molar-refractivity contribution in [1.29, 1.82) is 0 Å². The van der Waals surface area contributed by atoms with Gasteiger partial charge in [-0.1, -0.05) is 35.3 Å². The molecule has 8 nitrogen and oxygen atoms in total. The van der Waals surface area contributed by atoms with Gasteiger partial charge in [-0.15, -0.1) is 0 Å². The molecule has 1 aliphatic heterocycles. The molecule has 0 spiro atoms. The number of amides is 4. The van der Waals surface area contributed by atoms with Crippen molar-refractivity contribution in [1.82, 2.24) is 5.32 Å². The smallest absolute Gasteiger partial charge is 0.339 e. The summed E-state index contributed by atoms with van der Waals surface area (Å²) in [6, 6.07) is 16.2. The Morgan fingerprint density at radius 1 is 0.794 bits per heavy atom. The fourth-order valence-corrected chi connectivity index (χ4v) is 4.23. The summed E-state index contributed by atoms with van der Waals surface area (Å²) in [7, 11) is -4.08. The van der Waals surface area contributed by atoms with Gasteiger partial charge in [0.2, 0.25) is 0 Å². The summed E-state index contributed by atoms with van der Waals surface area (Å²) in [4.78, 5) is 38.2. The third-order valence-corrected chi connectivity index (χ3v) is 6.45. The Morgan fingerprint density at radius 2 is 1.35 bits per heavy atom. The molecule has 1 N–H and O–H groups in total. The molecule has 3 aromatic carbocycles. The summed E-state index contributed by atoms with van der Waals surface area (Å²) < 4.78 is 29.9. The first-order valence-corrected chi connectivity index (χ1v) is 11.8. The van der Waals surface area contributed by atoms with Crippen LogP contribution in [0.3, 0.4) is 0 Å². The van der Waals surface area contributed by atoms with Crippen LogP contribution in [0.15, 0.2) is 83.3 Å². The van der Waals surface area contributed by atoms with Crippen molar-refractivity contribution in [3.63, 3.8) is 0 Å². The number of barbiturate groups is 1. The first-order chi connectivity index (χ1) is 16.1. The van der Waals surface area contributed by atoms with Crippen molar-refractivity contribution in [3.8, 4) is 5.75 Å². The highest BCUT2D eigenvalue weighted by Crippen LogP contribution is 2.25. The molecule has 11 heteroatoms. The fraction of sp³-hybridized carbons (Fsp3) is 0. The van der Waals surface area contributed by atoms with Crippen LogP contribution in [0.25, 0.3) is 6.08 Å². The number of hydrogen-bond donors (Lipinski definition) is 1. The van der Waals surface area contributed by atoms with Crippen molar-refractivity contribution in [3.05, 3.63) is 94.0 Å². The monoisotopic (exact) mass is 516 g/mol. The predicted octanol–water partition coefficient (Wildman–Crippen LogP) is 4.43. The third-order valence-electron chi connectivity index (χ3n) is 4.69. The minimum Gasteiger partial charge on any atom is -0.379 e. The number of nitrogens with one attached hydrogen (secondary N) is 1. The Labute approximate surface area is 204 Å². The summed E-state index contributed by atoms with van der Waals surface area (Å²) in [6.07, 6.45) is 1.28. The van der Waals surface area contributed by atoms with E-state index in [1.807, 2.05) is 0 Å². The molecule has 0 aromatic heterocycles. The Balaban J connectivity index is 1.56. The summed E-state index contributed by atoms with van der Waals surface area (Å²) in [5.74, 6) is -1.65. The number of imide groups is 2. The van der Waals surface area contributed by atoms with E-state index in [1.165, 1.54) is 78.9 Å². The normalized spacial score (nSPS) is 15.4. The summed E-state index contributed by atoms with van der Waals surface area (Å²) >= 11 is 11.6. The zero-order chi connectivity index (χ0) is 24.5. The van der Waals surface area contributed by atoms with Gasteiger partial charge < -0.3 is 4.18 Å². The molecule has 0 bridgehead atoms. The Hall–Kier alpha value is -3.66. The average molecular weight is 517 g/mol. The zero-order valence-corrected chi connectivity index (χ0v) is 19.4. The molecular weight excluding hydrogens is 503 g/mol. The van der Waals surface area contributed by atoms with Gasteiger partial charge in [-0.3, -0.25) is 14.9 Å². The molecule has 0 atom stereocenters. The van der Waals surface area contributed by atoms with Crippen molar-refractivity contribution in [2.45, 2.75) is 4.90 Å². The average Bonchev–Trinajstić information content (AvgIpc) is 2.79. The molecule has 0 saturated carbocycles. The number of carbonyl (C=O) groups is 3. The van der Waals surface area contributed by atoms with E-state index in [0.29, 0.717) is 15.6 Å². The van der Waals surface area contributed by atoms with E-state index in [9.17, 15) is 22.8 Å². The van der Waals surface area contributed by atoms with Crippen LogP contribution in [0, 0.1) is 0 Å². The van der Waals surface area contributed by atoms with E-state index in [0.717, 1.165) is 4.90 Å². The molecule has 3 aromatic rings. The molecule has 4 amide bonds. The molecule has 1 heterocycles. The van der Waals surface area contributed by atoms with Crippen LogP contribution in [0.1, 0.15) is 5.56 Å². The standard InChI is InChI=1S/C23H14Cl2N2O6S/c24-15-3-7-17(8-4-15)27-22(29)20(21(28)26-23(27)30)13-14-1-9-18(10-2-14)33-34(31,32)19-11-5-16(25)6-12-19/h1-13H,(H,26,28,30)/b20-13+. The minimum absolute atomic E-state index is 0.0227. The van der Waals surface area contributed by atoms with Gasteiger partial charge in [0.15, 0.2) is 0 Å². The number of anilines is 1. The highest BCUT2D eigenvalue weighted by atomic mass is 35.5. The van der Waals surface area contributed by atoms with Gasteiger partial charge in [-0.25, -0.2) is 9.69 Å². The van der Waals surface area contributed by atoms with E-state index < -0.39 is 28.0 Å². The van der Waals surface area contributed by atoms with Gasteiger partial charge in [-0.2, -0.15) is 8.42 Å². The highest BCUT2D eigenvalue weighted by Gasteiger charge is 2.36. The van der Waals surface area contributed by atoms with Gasteiger partial charge in [0, 0.05) is 10.0 Å². The first-order valence-electron chi connectivity index (χ1n) is 9.61. The predicted molar refractivity (Wildman–Crippen MR) is 126 cm³/mol. The lowest BCUT2D eigenvalue weighted by Gasteiger charge is -2.26. The maximum Gasteiger partial charge on any atom is 0.339 e. The quantitative estimate of drug-likeness (QED) is 0.305. The van der Waals surface area contributed by atoms with E-state index in [1.54, 1.807) is 0 Å². The second kappa shape index (κ2) is 9.30. The second-order valence-electron chi connectivity index (χ2n) is 6.99. The Morgan fingerprint density at radius 3 is 1.94 bits per heavy atom. The molecule has 172 valence electrons. The summed E-state index contributed by atoms with van der Waals surface area (Å²) in [6.45, 7) is 0. The first kappa shape index (κ1) is 23.5. The van der Waals surface area contributed by atoms with Crippen LogP contribution in [0.2, 0.25) is 10.0 Å².